The number of H-pyrrole nitrogens is 1. The first kappa shape index (κ1) is 19.4. The summed E-state index contributed by atoms with van der Waals surface area (Å²) in [5.41, 5.74) is 2.38. The minimum Gasteiger partial charge on any atom is -0.468 e. The monoisotopic (exact) mass is 405 g/mol. The summed E-state index contributed by atoms with van der Waals surface area (Å²) in [5.74, 6) is 2.78. The molecule has 1 aromatic carbocycles. The van der Waals surface area contributed by atoms with Crippen LogP contribution < -0.4 is 0 Å². The molecule has 5 rings (SSSR count). The van der Waals surface area contributed by atoms with Gasteiger partial charge >= 0.3 is 0 Å². The van der Waals surface area contributed by atoms with Gasteiger partial charge in [0.25, 0.3) is 0 Å². The molecule has 5 nitrogen and oxygen atoms in total. The van der Waals surface area contributed by atoms with E-state index in [9.17, 15) is 4.79 Å². The van der Waals surface area contributed by atoms with Crippen LogP contribution in [0.1, 0.15) is 37.0 Å². The molecule has 30 heavy (non-hydrogen) atoms. The Morgan fingerprint density at radius 1 is 1.20 bits per heavy atom. The van der Waals surface area contributed by atoms with Crippen molar-refractivity contribution in [2.24, 2.45) is 11.8 Å². The van der Waals surface area contributed by atoms with Gasteiger partial charge in [-0.25, -0.2) is 0 Å². The summed E-state index contributed by atoms with van der Waals surface area (Å²) in [6.07, 6.45) is 8.71. The summed E-state index contributed by atoms with van der Waals surface area (Å²) in [7, 11) is 2.01. The van der Waals surface area contributed by atoms with Gasteiger partial charge < -0.3 is 14.3 Å². The van der Waals surface area contributed by atoms with Crippen LogP contribution in [0.25, 0.3) is 10.9 Å². The van der Waals surface area contributed by atoms with Crippen LogP contribution in [0.5, 0.6) is 0 Å². The standard InChI is InChI=1S/C25H31N3O2/c1-27(25(29)9-8-19-15-26-24-7-3-2-6-23(19)24)21-13-18-10-11-28(16-20(18)14-21)17-22-5-4-12-30-22/h2-7,12,15,18,20-21,26H,8-11,13-14,16-17H2,1H3/t18-,20-,21+/m1/s1. The van der Waals surface area contributed by atoms with Crippen molar-refractivity contribution in [3.63, 3.8) is 0 Å². The molecule has 0 unspecified atom stereocenters. The normalized spacial score (nSPS) is 24.2. The highest BCUT2D eigenvalue weighted by Crippen LogP contribution is 2.40. The van der Waals surface area contributed by atoms with Gasteiger partial charge in [-0.05, 0) is 67.8 Å². The van der Waals surface area contributed by atoms with E-state index in [0.29, 0.717) is 18.4 Å². The molecule has 1 amide bonds. The minimum atomic E-state index is 0.274. The largest absolute Gasteiger partial charge is 0.468 e. The van der Waals surface area contributed by atoms with E-state index in [1.165, 1.54) is 17.4 Å². The third-order valence-electron chi connectivity index (χ3n) is 7.31. The molecule has 1 N–H and O–H groups in total. The first-order chi connectivity index (χ1) is 14.7. The summed E-state index contributed by atoms with van der Waals surface area (Å²) < 4.78 is 5.53. The molecular formula is C25H31N3O2. The minimum absolute atomic E-state index is 0.274. The maximum atomic E-state index is 12.9. The number of nitrogens with one attached hydrogen (secondary N) is 1. The van der Waals surface area contributed by atoms with E-state index < -0.39 is 0 Å². The van der Waals surface area contributed by atoms with Crippen molar-refractivity contribution >= 4 is 16.8 Å². The molecule has 3 atom stereocenters. The smallest absolute Gasteiger partial charge is 0.222 e. The Morgan fingerprint density at radius 2 is 2.07 bits per heavy atom. The van der Waals surface area contributed by atoms with Gasteiger partial charge in [-0.3, -0.25) is 9.69 Å². The number of fused-ring (bicyclic) bond motifs is 2. The summed E-state index contributed by atoms with van der Waals surface area (Å²) >= 11 is 0. The van der Waals surface area contributed by atoms with Crippen LogP contribution >= 0.6 is 0 Å². The average Bonchev–Trinajstić information content (AvgIpc) is 3.51. The van der Waals surface area contributed by atoms with Gasteiger partial charge in [0.15, 0.2) is 0 Å². The van der Waals surface area contributed by atoms with Gasteiger partial charge in [0.05, 0.1) is 12.8 Å². The number of aryl methyl sites for hydroxylation is 1. The number of hydrogen-bond donors (Lipinski definition) is 1. The molecule has 0 bridgehead atoms. The molecule has 2 aliphatic rings. The van der Waals surface area contributed by atoms with Gasteiger partial charge in [0.1, 0.15) is 5.76 Å². The van der Waals surface area contributed by atoms with Crippen LogP contribution in [0.2, 0.25) is 0 Å². The van der Waals surface area contributed by atoms with Crippen molar-refractivity contribution in [1.29, 1.82) is 0 Å². The predicted octanol–water partition coefficient (Wildman–Crippen LogP) is 4.45. The summed E-state index contributed by atoms with van der Waals surface area (Å²) in [6.45, 7) is 3.16. The van der Waals surface area contributed by atoms with Crippen molar-refractivity contribution < 1.29 is 9.21 Å². The van der Waals surface area contributed by atoms with Gasteiger partial charge in [0, 0.05) is 43.2 Å². The van der Waals surface area contributed by atoms with Crippen LogP contribution in [0, 0.1) is 11.8 Å². The number of benzene rings is 1. The Kier molecular flexibility index (Phi) is 5.38. The number of amides is 1. The second kappa shape index (κ2) is 8.31. The van der Waals surface area contributed by atoms with Crippen LogP contribution in [0.3, 0.4) is 0 Å². The molecule has 1 saturated carbocycles. The van der Waals surface area contributed by atoms with Gasteiger partial charge in [-0.15, -0.1) is 0 Å². The topological polar surface area (TPSA) is 52.5 Å². The maximum absolute atomic E-state index is 12.9. The van der Waals surface area contributed by atoms with Crippen molar-refractivity contribution in [1.82, 2.24) is 14.8 Å². The predicted molar refractivity (Wildman–Crippen MR) is 118 cm³/mol. The lowest BCUT2D eigenvalue weighted by Crippen LogP contribution is -2.38. The summed E-state index contributed by atoms with van der Waals surface area (Å²) in [6, 6.07) is 12.7. The molecule has 0 radical (unpaired) electrons. The van der Waals surface area contributed by atoms with Gasteiger partial charge in [-0.2, -0.15) is 0 Å². The number of para-hydroxylation sites is 1. The fourth-order valence-electron chi connectivity index (χ4n) is 5.57. The highest BCUT2D eigenvalue weighted by molar-refractivity contribution is 5.84. The molecule has 3 heterocycles. The number of piperidine rings is 1. The lowest BCUT2D eigenvalue weighted by Gasteiger charge is -2.34. The van der Waals surface area contributed by atoms with E-state index >= 15 is 0 Å². The third kappa shape index (κ3) is 3.91. The lowest BCUT2D eigenvalue weighted by molar-refractivity contribution is -0.131. The van der Waals surface area contributed by atoms with E-state index in [2.05, 4.69) is 40.3 Å². The average molecular weight is 406 g/mol. The summed E-state index contributed by atoms with van der Waals surface area (Å²) in [4.78, 5) is 20.8. The number of likely N-dealkylation sites (tertiary alicyclic amines) is 1. The van der Waals surface area contributed by atoms with Crippen LogP contribution in [0.15, 0.2) is 53.3 Å². The number of rotatable bonds is 6. The summed E-state index contributed by atoms with van der Waals surface area (Å²) in [5, 5.41) is 1.23. The third-order valence-corrected chi connectivity index (χ3v) is 7.31. The first-order valence-electron chi connectivity index (χ1n) is 11.2. The molecule has 1 saturated heterocycles. The van der Waals surface area contributed by atoms with Crippen molar-refractivity contribution in [3.05, 3.63) is 60.2 Å². The molecule has 0 spiro atoms. The molecule has 1 aliphatic heterocycles. The van der Waals surface area contributed by atoms with E-state index in [1.54, 1.807) is 6.26 Å². The molecule has 2 aromatic heterocycles. The number of aromatic nitrogens is 1. The number of nitrogens with zero attached hydrogens (tertiary/aromatic N) is 2. The second-order valence-corrected chi connectivity index (χ2v) is 9.11. The highest BCUT2D eigenvalue weighted by Gasteiger charge is 2.40. The molecule has 3 aromatic rings. The molecular weight excluding hydrogens is 374 g/mol. The Balaban J connectivity index is 1.15. The van der Waals surface area contributed by atoms with Crippen LogP contribution in [-0.4, -0.2) is 46.9 Å². The fraction of sp³-hybridized carbons (Fsp3) is 0.480. The van der Waals surface area contributed by atoms with Crippen LogP contribution in [0.4, 0.5) is 0 Å². The Morgan fingerprint density at radius 3 is 2.93 bits per heavy atom. The molecule has 2 fully saturated rings. The number of furan rings is 1. The first-order valence-corrected chi connectivity index (χ1v) is 11.2. The quantitative estimate of drug-likeness (QED) is 0.659. The number of carbonyl (C=O) groups excluding carboxylic acids is 1. The van der Waals surface area contributed by atoms with E-state index in [1.807, 2.05) is 24.1 Å². The lowest BCUT2D eigenvalue weighted by atomic mass is 9.89. The number of carbonyl (C=O) groups is 1. The fourth-order valence-corrected chi connectivity index (χ4v) is 5.57. The maximum Gasteiger partial charge on any atom is 0.222 e. The molecule has 1 aliphatic carbocycles. The Hall–Kier alpha value is -2.53. The van der Waals surface area contributed by atoms with Crippen molar-refractivity contribution in [2.75, 3.05) is 20.1 Å². The van der Waals surface area contributed by atoms with Gasteiger partial charge in [-0.1, -0.05) is 18.2 Å². The molecule has 158 valence electrons. The zero-order valence-corrected chi connectivity index (χ0v) is 17.7. The Labute approximate surface area is 178 Å². The Bertz CT molecular complexity index is 993. The molecule has 5 heteroatoms. The van der Waals surface area contributed by atoms with Crippen molar-refractivity contribution in [3.8, 4) is 0 Å². The zero-order valence-electron chi connectivity index (χ0n) is 17.7. The van der Waals surface area contributed by atoms with Gasteiger partial charge in [0.2, 0.25) is 5.91 Å². The second-order valence-electron chi connectivity index (χ2n) is 9.11. The van der Waals surface area contributed by atoms with E-state index in [0.717, 1.165) is 56.1 Å². The highest BCUT2D eigenvalue weighted by atomic mass is 16.3. The number of aromatic amines is 1. The van der Waals surface area contributed by atoms with Crippen LogP contribution in [-0.2, 0) is 17.8 Å². The number of hydrogen-bond acceptors (Lipinski definition) is 3. The SMILES string of the molecule is CN(C(=O)CCc1c[nH]c2ccccc12)[C@H]1C[C@H]2CCN(Cc3ccco3)C[C@H]2C1. The van der Waals surface area contributed by atoms with E-state index in [-0.39, 0.29) is 5.91 Å². The van der Waals surface area contributed by atoms with Crippen molar-refractivity contribution in [2.45, 2.75) is 44.7 Å². The zero-order chi connectivity index (χ0) is 20.5. The van der Waals surface area contributed by atoms with E-state index in [4.69, 9.17) is 4.42 Å².